The summed E-state index contributed by atoms with van der Waals surface area (Å²) in [4.78, 5) is 0. The van der Waals surface area contributed by atoms with E-state index in [1.54, 1.807) is 0 Å². The minimum absolute atomic E-state index is 0.989. The van der Waals surface area contributed by atoms with Gasteiger partial charge in [0.05, 0.1) is 0 Å². The van der Waals surface area contributed by atoms with Crippen LogP contribution in [0.25, 0.3) is 0 Å². The Morgan fingerprint density at radius 1 is 1.13 bits per heavy atom. The van der Waals surface area contributed by atoms with Crippen molar-refractivity contribution in [2.24, 2.45) is 0 Å². The number of hydrogen-bond acceptors (Lipinski definition) is 1. The van der Waals surface area contributed by atoms with E-state index in [2.05, 4.69) is 68.4 Å². The highest BCUT2D eigenvalue weighted by Gasteiger charge is 1.90. The third kappa shape index (κ3) is 6.68. The van der Waals surface area contributed by atoms with Gasteiger partial charge in [0.1, 0.15) is 0 Å². The molecule has 1 aromatic rings. The summed E-state index contributed by atoms with van der Waals surface area (Å²) in [5.74, 6) is 0. The van der Waals surface area contributed by atoms with E-state index < -0.39 is 0 Å². The van der Waals surface area contributed by atoms with E-state index in [1.807, 2.05) is 0 Å². The second kappa shape index (κ2) is 8.92. The lowest BCUT2D eigenvalue weighted by atomic mass is 10.2. The summed E-state index contributed by atoms with van der Waals surface area (Å²) in [5, 5.41) is 3.45. The number of benzene rings is 1. The Kier molecular flexibility index (Phi) is 7.56. The molecule has 0 saturated carbocycles. The standard InChI is InChI=1S/C13H18IN/c14-10-6-1-2-7-11-15-12-13-8-4-3-5-9-13/h3-6,8-10,15H,1-2,7,11-12H2. The number of unbranched alkanes of at least 4 members (excludes halogenated alkanes) is 2. The van der Waals surface area contributed by atoms with Crippen molar-refractivity contribution in [3.63, 3.8) is 0 Å². The van der Waals surface area contributed by atoms with E-state index >= 15 is 0 Å². The fourth-order valence-electron chi connectivity index (χ4n) is 1.40. The molecule has 0 spiro atoms. The lowest BCUT2D eigenvalue weighted by Crippen LogP contribution is -2.14. The number of nitrogens with one attached hydrogen (secondary N) is 1. The Bertz CT molecular complexity index is 269. The molecule has 0 bridgehead atoms. The first kappa shape index (κ1) is 12.7. The third-order valence-electron chi connectivity index (χ3n) is 2.24. The molecule has 0 heterocycles. The highest BCUT2D eigenvalue weighted by atomic mass is 127. The summed E-state index contributed by atoms with van der Waals surface area (Å²) < 4.78 is 2.09. The Hall–Kier alpha value is -0.350. The molecule has 0 aliphatic rings. The lowest BCUT2D eigenvalue weighted by Gasteiger charge is -2.03. The van der Waals surface area contributed by atoms with E-state index in [-0.39, 0.29) is 0 Å². The molecule has 0 aromatic heterocycles. The molecule has 82 valence electrons. The molecule has 2 heteroatoms. The van der Waals surface area contributed by atoms with Crippen LogP contribution in [0.5, 0.6) is 0 Å². The van der Waals surface area contributed by atoms with Crippen LogP contribution in [-0.4, -0.2) is 6.54 Å². The van der Waals surface area contributed by atoms with Gasteiger partial charge in [0, 0.05) is 6.54 Å². The second-order valence-electron chi connectivity index (χ2n) is 3.52. The Labute approximate surface area is 106 Å². The largest absolute Gasteiger partial charge is 0.313 e. The molecule has 1 aromatic carbocycles. The summed E-state index contributed by atoms with van der Waals surface area (Å²) in [5.41, 5.74) is 1.37. The van der Waals surface area contributed by atoms with E-state index in [9.17, 15) is 0 Å². The van der Waals surface area contributed by atoms with Gasteiger partial charge in [-0.2, -0.15) is 0 Å². The van der Waals surface area contributed by atoms with Gasteiger partial charge in [0.25, 0.3) is 0 Å². The average Bonchev–Trinajstić information content (AvgIpc) is 2.29. The zero-order chi connectivity index (χ0) is 10.8. The predicted molar refractivity (Wildman–Crippen MR) is 75.2 cm³/mol. The summed E-state index contributed by atoms with van der Waals surface area (Å²) in [6.07, 6.45) is 5.96. The van der Waals surface area contributed by atoms with Crippen LogP contribution in [0.3, 0.4) is 0 Å². The Balaban J connectivity index is 1.98. The van der Waals surface area contributed by atoms with Gasteiger partial charge in [-0.3, -0.25) is 0 Å². The van der Waals surface area contributed by atoms with Gasteiger partial charge in [-0.1, -0.05) is 59.0 Å². The number of hydrogen-bond donors (Lipinski definition) is 1. The molecule has 1 nitrogen and oxygen atoms in total. The van der Waals surface area contributed by atoms with E-state index in [4.69, 9.17) is 0 Å². The summed E-state index contributed by atoms with van der Waals surface area (Å²) in [6.45, 7) is 2.10. The minimum atomic E-state index is 0.989. The van der Waals surface area contributed by atoms with E-state index in [0.717, 1.165) is 13.1 Å². The van der Waals surface area contributed by atoms with Crippen LogP contribution in [0.1, 0.15) is 24.8 Å². The lowest BCUT2D eigenvalue weighted by molar-refractivity contribution is 0.627. The maximum absolute atomic E-state index is 3.45. The molecule has 0 unspecified atom stereocenters. The molecular formula is C13H18IN. The van der Waals surface area contributed by atoms with Crippen molar-refractivity contribution in [2.45, 2.75) is 25.8 Å². The molecule has 1 rings (SSSR count). The van der Waals surface area contributed by atoms with Gasteiger partial charge in [-0.05, 0) is 35.5 Å². The van der Waals surface area contributed by atoms with Crippen molar-refractivity contribution in [3.05, 3.63) is 46.1 Å². The van der Waals surface area contributed by atoms with Gasteiger partial charge in [0.15, 0.2) is 0 Å². The first-order valence-corrected chi connectivity index (χ1v) is 6.68. The van der Waals surface area contributed by atoms with Gasteiger partial charge in [-0.25, -0.2) is 0 Å². The number of halogens is 1. The van der Waals surface area contributed by atoms with Crippen LogP contribution in [0, 0.1) is 0 Å². The first-order chi connectivity index (χ1) is 7.43. The molecule has 0 atom stereocenters. The van der Waals surface area contributed by atoms with Crippen LogP contribution in [0.15, 0.2) is 40.5 Å². The summed E-state index contributed by atoms with van der Waals surface area (Å²) in [6, 6.07) is 10.5. The Morgan fingerprint density at radius 3 is 2.67 bits per heavy atom. The van der Waals surface area contributed by atoms with Crippen molar-refractivity contribution in [1.29, 1.82) is 0 Å². The zero-order valence-corrected chi connectivity index (χ0v) is 11.1. The topological polar surface area (TPSA) is 12.0 Å². The monoisotopic (exact) mass is 315 g/mol. The van der Waals surface area contributed by atoms with E-state index in [0.29, 0.717) is 0 Å². The van der Waals surface area contributed by atoms with Crippen molar-refractivity contribution in [3.8, 4) is 0 Å². The average molecular weight is 315 g/mol. The van der Waals surface area contributed by atoms with Crippen LogP contribution >= 0.6 is 22.6 Å². The summed E-state index contributed by atoms with van der Waals surface area (Å²) >= 11 is 2.27. The second-order valence-corrected chi connectivity index (χ2v) is 4.24. The van der Waals surface area contributed by atoms with Crippen LogP contribution in [0.2, 0.25) is 0 Å². The maximum atomic E-state index is 3.45. The molecule has 0 aliphatic heterocycles. The van der Waals surface area contributed by atoms with Crippen LogP contribution in [-0.2, 0) is 6.54 Å². The van der Waals surface area contributed by atoms with Crippen LogP contribution < -0.4 is 5.32 Å². The molecule has 0 aliphatic carbocycles. The van der Waals surface area contributed by atoms with Crippen molar-refractivity contribution in [2.75, 3.05) is 6.54 Å². The smallest absolute Gasteiger partial charge is 0.0205 e. The van der Waals surface area contributed by atoms with Gasteiger partial charge in [-0.15, -0.1) is 0 Å². The molecule has 15 heavy (non-hydrogen) atoms. The molecular weight excluding hydrogens is 297 g/mol. The highest BCUT2D eigenvalue weighted by Crippen LogP contribution is 1.99. The Morgan fingerprint density at radius 2 is 1.93 bits per heavy atom. The molecule has 1 N–H and O–H groups in total. The van der Waals surface area contributed by atoms with Crippen molar-refractivity contribution < 1.29 is 0 Å². The maximum Gasteiger partial charge on any atom is 0.0205 e. The molecule has 0 radical (unpaired) electrons. The SMILES string of the molecule is IC=CCCCCNCc1ccccc1. The van der Waals surface area contributed by atoms with Gasteiger partial charge < -0.3 is 5.32 Å². The zero-order valence-electron chi connectivity index (χ0n) is 8.95. The fraction of sp³-hybridized carbons (Fsp3) is 0.385. The molecule has 0 amide bonds. The number of rotatable bonds is 7. The quantitative estimate of drug-likeness (QED) is 0.594. The van der Waals surface area contributed by atoms with Crippen molar-refractivity contribution >= 4 is 22.6 Å². The van der Waals surface area contributed by atoms with Gasteiger partial charge >= 0.3 is 0 Å². The van der Waals surface area contributed by atoms with Gasteiger partial charge in [0.2, 0.25) is 0 Å². The summed E-state index contributed by atoms with van der Waals surface area (Å²) in [7, 11) is 0. The third-order valence-corrected chi connectivity index (χ3v) is 2.74. The molecule has 0 saturated heterocycles. The van der Waals surface area contributed by atoms with E-state index in [1.165, 1.54) is 24.8 Å². The predicted octanol–water partition coefficient (Wildman–Crippen LogP) is 3.90. The minimum Gasteiger partial charge on any atom is -0.313 e. The molecule has 0 fully saturated rings. The van der Waals surface area contributed by atoms with Crippen molar-refractivity contribution in [1.82, 2.24) is 5.32 Å². The fourth-order valence-corrected chi connectivity index (χ4v) is 1.76. The number of allylic oxidation sites excluding steroid dienone is 1. The first-order valence-electron chi connectivity index (χ1n) is 5.43. The highest BCUT2D eigenvalue weighted by molar-refractivity contribution is 14.1. The normalized spacial score (nSPS) is 11.0. The van der Waals surface area contributed by atoms with Crippen LogP contribution in [0.4, 0.5) is 0 Å².